The molecule has 0 saturated heterocycles. The lowest BCUT2D eigenvalue weighted by molar-refractivity contribution is 0.338. The van der Waals surface area contributed by atoms with Gasteiger partial charge in [-0.25, -0.2) is 4.39 Å². The quantitative estimate of drug-likeness (QED) is 0.920. The Morgan fingerprint density at radius 3 is 2.33 bits per heavy atom. The number of benzene rings is 1. The minimum absolute atomic E-state index is 0.0614. The largest absolute Gasteiger partial charge is 0.493 e. The Hall–Kier alpha value is -0.810. The Bertz CT molecular complexity index is 346. The Balaban J connectivity index is 3.19. The summed E-state index contributed by atoms with van der Waals surface area (Å²) in [4.78, 5) is 0. The SMILES string of the molecule is COc1cc(Br)c(C(F)CN)cc1OC. The molecule has 1 aromatic rings. The highest BCUT2D eigenvalue weighted by Crippen LogP contribution is 2.36. The summed E-state index contributed by atoms with van der Waals surface area (Å²) < 4.78 is 24.2. The second-order valence-corrected chi connectivity index (χ2v) is 3.79. The van der Waals surface area contributed by atoms with E-state index in [9.17, 15) is 4.39 Å². The van der Waals surface area contributed by atoms with E-state index in [0.717, 1.165) is 0 Å². The van der Waals surface area contributed by atoms with Gasteiger partial charge in [-0.1, -0.05) is 15.9 Å². The molecule has 0 aromatic heterocycles. The third kappa shape index (κ3) is 2.60. The summed E-state index contributed by atoms with van der Waals surface area (Å²) in [5, 5.41) is 0. The van der Waals surface area contributed by atoms with Crippen LogP contribution in [0.3, 0.4) is 0 Å². The molecule has 3 nitrogen and oxygen atoms in total. The van der Waals surface area contributed by atoms with Gasteiger partial charge in [0.25, 0.3) is 0 Å². The molecule has 1 aromatic carbocycles. The molecule has 84 valence electrons. The van der Waals surface area contributed by atoms with Crippen LogP contribution in [0.2, 0.25) is 0 Å². The number of methoxy groups -OCH3 is 2. The first-order valence-corrected chi connectivity index (χ1v) is 5.18. The first-order chi connectivity index (χ1) is 7.13. The van der Waals surface area contributed by atoms with Gasteiger partial charge in [-0.3, -0.25) is 0 Å². The van der Waals surface area contributed by atoms with Crippen molar-refractivity contribution in [2.75, 3.05) is 20.8 Å². The number of rotatable bonds is 4. The molecule has 0 amide bonds. The van der Waals surface area contributed by atoms with Crippen LogP contribution in [0.25, 0.3) is 0 Å². The molecule has 0 fully saturated rings. The number of nitrogens with two attached hydrogens (primary N) is 1. The molecule has 0 aliphatic carbocycles. The summed E-state index contributed by atoms with van der Waals surface area (Å²) in [6.07, 6.45) is -1.21. The standard InChI is InChI=1S/C10H13BrFNO2/c1-14-9-3-6(8(12)5-13)7(11)4-10(9)15-2/h3-4,8H,5,13H2,1-2H3. The zero-order chi connectivity index (χ0) is 11.4. The number of hydrogen-bond donors (Lipinski definition) is 1. The number of ether oxygens (including phenoxy) is 2. The first-order valence-electron chi connectivity index (χ1n) is 4.39. The van der Waals surface area contributed by atoms with Crippen LogP contribution in [0.15, 0.2) is 16.6 Å². The van der Waals surface area contributed by atoms with E-state index < -0.39 is 6.17 Å². The van der Waals surface area contributed by atoms with Crippen molar-refractivity contribution in [1.82, 2.24) is 0 Å². The van der Waals surface area contributed by atoms with Crippen molar-refractivity contribution >= 4 is 15.9 Å². The van der Waals surface area contributed by atoms with Crippen LogP contribution in [0.5, 0.6) is 11.5 Å². The lowest BCUT2D eigenvalue weighted by Gasteiger charge is -2.13. The van der Waals surface area contributed by atoms with Crippen LogP contribution in [-0.4, -0.2) is 20.8 Å². The Morgan fingerprint density at radius 2 is 1.87 bits per heavy atom. The summed E-state index contributed by atoms with van der Waals surface area (Å²) in [6, 6.07) is 3.25. The maximum absolute atomic E-state index is 13.4. The van der Waals surface area contributed by atoms with Crippen LogP contribution in [0.1, 0.15) is 11.7 Å². The predicted octanol–water partition coefficient (Wildman–Crippen LogP) is 2.44. The smallest absolute Gasteiger partial charge is 0.161 e. The number of alkyl halides is 1. The predicted molar refractivity (Wildman–Crippen MR) is 60.1 cm³/mol. The molecule has 1 atom stereocenters. The highest BCUT2D eigenvalue weighted by atomic mass is 79.9. The summed E-state index contributed by atoms with van der Waals surface area (Å²) in [5.41, 5.74) is 5.73. The van der Waals surface area contributed by atoms with Gasteiger partial charge in [0.1, 0.15) is 6.17 Å². The van der Waals surface area contributed by atoms with Gasteiger partial charge in [0, 0.05) is 16.6 Å². The Morgan fingerprint density at radius 1 is 1.33 bits per heavy atom. The molecule has 0 spiro atoms. The van der Waals surface area contributed by atoms with Crippen LogP contribution >= 0.6 is 15.9 Å². The molecule has 0 aliphatic heterocycles. The molecule has 5 heteroatoms. The fourth-order valence-electron chi connectivity index (χ4n) is 1.24. The van der Waals surface area contributed by atoms with Crippen LogP contribution in [0, 0.1) is 0 Å². The zero-order valence-corrected chi connectivity index (χ0v) is 10.2. The number of halogens is 2. The van der Waals surface area contributed by atoms with Gasteiger partial charge < -0.3 is 15.2 Å². The molecule has 0 aliphatic rings. The molecule has 1 rings (SSSR count). The van der Waals surface area contributed by atoms with Crippen molar-refractivity contribution < 1.29 is 13.9 Å². The van der Waals surface area contributed by atoms with Gasteiger partial charge in [-0.15, -0.1) is 0 Å². The minimum atomic E-state index is -1.21. The minimum Gasteiger partial charge on any atom is -0.493 e. The molecule has 0 heterocycles. The highest BCUT2D eigenvalue weighted by Gasteiger charge is 2.15. The van der Waals surface area contributed by atoms with Crippen molar-refractivity contribution in [3.05, 3.63) is 22.2 Å². The highest BCUT2D eigenvalue weighted by molar-refractivity contribution is 9.10. The van der Waals surface area contributed by atoms with E-state index in [2.05, 4.69) is 15.9 Å². The second-order valence-electron chi connectivity index (χ2n) is 2.93. The molecule has 15 heavy (non-hydrogen) atoms. The third-order valence-corrected chi connectivity index (χ3v) is 2.73. The van der Waals surface area contributed by atoms with Crippen LogP contribution in [0.4, 0.5) is 4.39 Å². The molecular weight excluding hydrogens is 265 g/mol. The van der Waals surface area contributed by atoms with Gasteiger partial charge >= 0.3 is 0 Å². The maximum atomic E-state index is 13.4. The average Bonchev–Trinajstić information content (AvgIpc) is 2.27. The topological polar surface area (TPSA) is 44.5 Å². The van der Waals surface area contributed by atoms with Crippen molar-refractivity contribution in [3.63, 3.8) is 0 Å². The van der Waals surface area contributed by atoms with Gasteiger partial charge in [0.2, 0.25) is 0 Å². The monoisotopic (exact) mass is 277 g/mol. The van der Waals surface area contributed by atoms with E-state index in [-0.39, 0.29) is 6.54 Å². The summed E-state index contributed by atoms with van der Waals surface area (Å²) in [6.45, 7) is -0.0614. The second kappa shape index (κ2) is 5.32. The van der Waals surface area contributed by atoms with Crippen molar-refractivity contribution in [1.29, 1.82) is 0 Å². The van der Waals surface area contributed by atoms with Gasteiger partial charge in [-0.05, 0) is 12.1 Å². The normalized spacial score (nSPS) is 12.3. The molecule has 0 saturated carbocycles. The van der Waals surface area contributed by atoms with Crippen LogP contribution in [-0.2, 0) is 0 Å². The fourth-order valence-corrected chi connectivity index (χ4v) is 1.81. The lowest BCUT2D eigenvalue weighted by atomic mass is 10.1. The average molecular weight is 278 g/mol. The van der Waals surface area contributed by atoms with E-state index in [4.69, 9.17) is 15.2 Å². The molecular formula is C10H13BrFNO2. The zero-order valence-electron chi connectivity index (χ0n) is 8.59. The molecule has 1 unspecified atom stereocenters. The van der Waals surface area contributed by atoms with Gasteiger partial charge in [-0.2, -0.15) is 0 Å². The van der Waals surface area contributed by atoms with Crippen LogP contribution < -0.4 is 15.2 Å². The molecule has 0 bridgehead atoms. The van der Waals surface area contributed by atoms with Crippen molar-refractivity contribution in [2.24, 2.45) is 5.73 Å². The summed E-state index contributed by atoms with van der Waals surface area (Å²) in [5.74, 6) is 1.05. The van der Waals surface area contributed by atoms with E-state index >= 15 is 0 Å². The molecule has 2 N–H and O–H groups in total. The summed E-state index contributed by atoms with van der Waals surface area (Å²) >= 11 is 3.26. The van der Waals surface area contributed by atoms with Crippen molar-refractivity contribution in [3.8, 4) is 11.5 Å². The van der Waals surface area contributed by atoms with E-state index in [1.165, 1.54) is 14.2 Å². The first kappa shape index (κ1) is 12.3. The summed E-state index contributed by atoms with van der Waals surface area (Å²) in [7, 11) is 3.03. The number of hydrogen-bond acceptors (Lipinski definition) is 3. The Kier molecular flexibility index (Phi) is 4.35. The fraction of sp³-hybridized carbons (Fsp3) is 0.400. The van der Waals surface area contributed by atoms with E-state index in [1.54, 1.807) is 12.1 Å². The van der Waals surface area contributed by atoms with Gasteiger partial charge in [0.15, 0.2) is 11.5 Å². The van der Waals surface area contributed by atoms with Gasteiger partial charge in [0.05, 0.1) is 14.2 Å². The van der Waals surface area contributed by atoms with Crippen molar-refractivity contribution in [2.45, 2.75) is 6.17 Å². The van der Waals surface area contributed by atoms with E-state index in [1.807, 2.05) is 0 Å². The van der Waals surface area contributed by atoms with E-state index in [0.29, 0.717) is 21.5 Å². The Labute approximate surface area is 96.5 Å². The lowest BCUT2D eigenvalue weighted by Crippen LogP contribution is -2.08. The maximum Gasteiger partial charge on any atom is 0.161 e. The molecule has 0 radical (unpaired) electrons. The third-order valence-electron chi connectivity index (χ3n) is 2.05.